The largest absolute Gasteiger partial charge is 0.494 e. The molecule has 0 fully saturated rings. The molecule has 2 rings (SSSR count). The van der Waals surface area contributed by atoms with Gasteiger partial charge in [-0.15, -0.1) is 0 Å². The molecule has 0 aliphatic heterocycles. The molecule has 0 radical (unpaired) electrons. The van der Waals surface area contributed by atoms with E-state index in [1.54, 1.807) is 12.1 Å². The van der Waals surface area contributed by atoms with Gasteiger partial charge in [0.1, 0.15) is 11.5 Å². The Morgan fingerprint density at radius 1 is 0.846 bits per heavy atom. The van der Waals surface area contributed by atoms with E-state index in [0.717, 1.165) is 12.2 Å². The van der Waals surface area contributed by atoms with Gasteiger partial charge >= 0.3 is 11.9 Å². The van der Waals surface area contributed by atoms with Crippen LogP contribution in [-0.2, 0) is 4.79 Å². The second-order valence-corrected chi connectivity index (χ2v) is 5.27. The van der Waals surface area contributed by atoms with Crippen molar-refractivity contribution in [2.45, 2.75) is 26.2 Å². The molecule has 2 N–H and O–H groups in total. The standard InChI is InChI=1S/C11H14O3.C9H10O3/c12-11(13)8-4-5-9-14-10-6-2-1-3-7-10;1-2-12-8-5-3-7(4-6-8)9(10)11/h1-3,6-7H,4-5,8-9H2,(H,12,13);3-6H,2H2,1H3,(H,10,11). The molecular formula is C20H24O6. The van der Waals surface area contributed by atoms with E-state index < -0.39 is 11.9 Å². The molecule has 140 valence electrons. The average molecular weight is 360 g/mol. The number of unbranched alkanes of at least 4 members (excludes halogenated alkanes) is 1. The predicted octanol–water partition coefficient (Wildman–Crippen LogP) is 4.10. The number of hydrogen-bond donors (Lipinski definition) is 2. The fraction of sp³-hybridized carbons (Fsp3) is 0.300. The Hall–Kier alpha value is -3.02. The van der Waals surface area contributed by atoms with Crippen LogP contribution in [0.4, 0.5) is 0 Å². The van der Waals surface area contributed by atoms with Crippen LogP contribution in [0.5, 0.6) is 11.5 Å². The number of ether oxygens (including phenoxy) is 2. The van der Waals surface area contributed by atoms with Crippen molar-refractivity contribution in [3.8, 4) is 11.5 Å². The Labute approximate surface area is 153 Å². The van der Waals surface area contributed by atoms with E-state index in [1.807, 2.05) is 37.3 Å². The number of benzene rings is 2. The first kappa shape index (κ1) is 21.0. The number of rotatable bonds is 9. The first-order valence-electron chi connectivity index (χ1n) is 8.38. The molecule has 0 saturated carbocycles. The van der Waals surface area contributed by atoms with Crippen LogP contribution in [0.15, 0.2) is 54.6 Å². The summed E-state index contributed by atoms with van der Waals surface area (Å²) in [5, 5.41) is 17.0. The number of aliphatic carboxylic acids is 1. The minimum Gasteiger partial charge on any atom is -0.494 e. The molecule has 0 heterocycles. The van der Waals surface area contributed by atoms with Gasteiger partial charge in [-0.05, 0) is 56.2 Å². The molecule has 0 bridgehead atoms. The Morgan fingerprint density at radius 2 is 1.46 bits per heavy atom. The van der Waals surface area contributed by atoms with Gasteiger partial charge < -0.3 is 19.7 Å². The van der Waals surface area contributed by atoms with Crippen LogP contribution in [0, 0.1) is 0 Å². The van der Waals surface area contributed by atoms with E-state index in [0.29, 0.717) is 25.4 Å². The highest BCUT2D eigenvalue weighted by atomic mass is 16.5. The SMILES string of the molecule is CCOc1ccc(C(=O)O)cc1.O=C(O)CCCCOc1ccccc1. The molecule has 0 atom stereocenters. The highest BCUT2D eigenvalue weighted by Gasteiger charge is 2.01. The van der Waals surface area contributed by atoms with Crippen molar-refractivity contribution in [2.24, 2.45) is 0 Å². The second kappa shape index (κ2) is 12.4. The van der Waals surface area contributed by atoms with E-state index in [1.165, 1.54) is 12.1 Å². The van der Waals surface area contributed by atoms with Crippen LogP contribution in [0.1, 0.15) is 36.5 Å². The van der Waals surface area contributed by atoms with Crippen LogP contribution in [-0.4, -0.2) is 35.4 Å². The van der Waals surface area contributed by atoms with Crippen LogP contribution < -0.4 is 9.47 Å². The molecule has 0 aliphatic rings. The van der Waals surface area contributed by atoms with Gasteiger partial charge in [0.15, 0.2) is 0 Å². The van der Waals surface area contributed by atoms with Crippen molar-refractivity contribution in [2.75, 3.05) is 13.2 Å². The summed E-state index contributed by atoms with van der Waals surface area (Å²) in [6, 6.07) is 15.9. The number of aromatic carboxylic acids is 1. The maximum Gasteiger partial charge on any atom is 0.335 e. The lowest BCUT2D eigenvalue weighted by Crippen LogP contribution is -2.00. The van der Waals surface area contributed by atoms with Gasteiger partial charge in [0.05, 0.1) is 18.8 Å². The lowest BCUT2D eigenvalue weighted by molar-refractivity contribution is -0.137. The monoisotopic (exact) mass is 360 g/mol. The number of carboxylic acids is 2. The third-order valence-electron chi connectivity index (χ3n) is 3.21. The smallest absolute Gasteiger partial charge is 0.335 e. The fourth-order valence-corrected chi connectivity index (χ4v) is 1.95. The number of carbonyl (C=O) groups is 2. The zero-order chi connectivity index (χ0) is 19.2. The average Bonchev–Trinajstić information content (AvgIpc) is 2.63. The summed E-state index contributed by atoms with van der Waals surface area (Å²) in [5.41, 5.74) is 0.276. The van der Waals surface area contributed by atoms with Gasteiger partial charge in [0, 0.05) is 6.42 Å². The summed E-state index contributed by atoms with van der Waals surface area (Å²) >= 11 is 0. The number of hydrogen-bond acceptors (Lipinski definition) is 4. The van der Waals surface area contributed by atoms with E-state index in [4.69, 9.17) is 19.7 Å². The summed E-state index contributed by atoms with van der Waals surface area (Å²) in [6.07, 6.45) is 1.67. The summed E-state index contributed by atoms with van der Waals surface area (Å²) in [4.78, 5) is 20.6. The van der Waals surface area contributed by atoms with Crippen LogP contribution in [0.2, 0.25) is 0 Å². The van der Waals surface area contributed by atoms with Crippen LogP contribution >= 0.6 is 0 Å². The normalized spacial score (nSPS) is 9.58. The summed E-state index contributed by atoms with van der Waals surface area (Å²) in [7, 11) is 0. The third-order valence-corrected chi connectivity index (χ3v) is 3.21. The topological polar surface area (TPSA) is 93.1 Å². The summed E-state index contributed by atoms with van der Waals surface area (Å²) in [5.74, 6) is -0.131. The maximum absolute atomic E-state index is 10.4. The van der Waals surface area contributed by atoms with Gasteiger partial charge in [-0.25, -0.2) is 4.79 Å². The van der Waals surface area contributed by atoms with E-state index >= 15 is 0 Å². The number of carboxylic acid groups (broad SMARTS) is 2. The minimum atomic E-state index is -0.918. The molecule has 0 spiro atoms. The van der Waals surface area contributed by atoms with Crippen LogP contribution in [0.3, 0.4) is 0 Å². The van der Waals surface area contributed by atoms with Crippen molar-refractivity contribution in [1.82, 2.24) is 0 Å². The van der Waals surface area contributed by atoms with E-state index in [2.05, 4.69) is 0 Å². The Balaban J connectivity index is 0.000000263. The fourth-order valence-electron chi connectivity index (χ4n) is 1.95. The van der Waals surface area contributed by atoms with E-state index in [-0.39, 0.29) is 12.0 Å². The summed E-state index contributed by atoms with van der Waals surface area (Å²) < 4.78 is 10.5. The van der Waals surface area contributed by atoms with Gasteiger partial charge in [-0.3, -0.25) is 4.79 Å². The Morgan fingerprint density at radius 3 is 2.00 bits per heavy atom. The van der Waals surface area contributed by atoms with Gasteiger partial charge in [-0.2, -0.15) is 0 Å². The first-order valence-corrected chi connectivity index (χ1v) is 8.38. The van der Waals surface area contributed by atoms with Crippen LogP contribution in [0.25, 0.3) is 0 Å². The van der Waals surface area contributed by atoms with Crippen molar-refractivity contribution in [3.05, 3.63) is 60.2 Å². The predicted molar refractivity (Wildman–Crippen MR) is 98.0 cm³/mol. The second-order valence-electron chi connectivity index (χ2n) is 5.27. The maximum atomic E-state index is 10.4. The Bertz CT molecular complexity index is 652. The molecule has 2 aromatic carbocycles. The Kier molecular flexibility index (Phi) is 9.99. The zero-order valence-corrected chi connectivity index (χ0v) is 14.8. The number of para-hydroxylation sites is 1. The lowest BCUT2D eigenvalue weighted by Gasteiger charge is -2.04. The van der Waals surface area contributed by atoms with Gasteiger partial charge in [-0.1, -0.05) is 18.2 Å². The molecule has 0 saturated heterocycles. The van der Waals surface area contributed by atoms with E-state index in [9.17, 15) is 9.59 Å². The molecular weight excluding hydrogens is 336 g/mol. The highest BCUT2D eigenvalue weighted by molar-refractivity contribution is 5.87. The highest BCUT2D eigenvalue weighted by Crippen LogP contribution is 2.11. The van der Waals surface area contributed by atoms with Crippen molar-refractivity contribution in [1.29, 1.82) is 0 Å². The van der Waals surface area contributed by atoms with Crippen molar-refractivity contribution < 1.29 is 29.3 Å². The minimum absolute atomic E-state index is 0.220. The summed E-state index contributed by atoms with van der Waals surface area (Å²) in [6.45, 7) is 3.05. The lowest BCUT2D eigenvalue weighted by atomic mass is 10.2. The van der Waals surface area contributed by atoms with Crippen molar-refractivity contribution >= 4 is 11.9 Å². The third kappa shape index (κ3) is 9.32. The molecule has 6 heteroatoms. The quantitative estimate of drug-likeness (QED) is 0.654. The molecule has 0 aromatic heterocycles. The molecule has 2 aromatic rings. The molecule has 0 aliphatic carbocycles. The van der Waals surface area contributed by atoms with Crippen molar-refractivity contribution in [3.63, 3.8) is 0 Å². The van der Waals surface area contributed by atoms with Gasteiger partial charge in [0.2, 0.25) is 0 Å². The molecule has 0 amide bonds. The molecule has 26 heavy (non-hydrogen) atoms. The first-order chi connectivity index (χ1) is 12.5. The van der Waals surface area contributed by atoms with Gasteiger partial charge in [0.25, 0.3) is 0 Å². The molecule has 0 unspecified atom stereocenters. The zero-order valence-electron chi connectivity index (χ0n) is 14.8. The molecule has 6 nitrogen and oxygen atoms in total.